The van der Waals surface area contributed by atoms with Crippen molar-refractivity contribution in [2.45, 2.75) is 92.6 Å². The lowest BCUT2D eigenvalue weighted by Crippen LogP contribution is -2.51. The van der Waals surface area contributed by atoms with Crippen molar-refractivity contribution in [3.05, 3.63) is 0 Å². The molecule has 0 radical (unpaired) electrons. The topological polar surface area (TPSA) is 134 Å². The van der Waals surface area contributed by atoms with E-state index in [1.165, 1.54) is 21.3 Å². The van der Waals surface area contributed by atoms with Crippen molar-refractivity contribution in [3.63, 3.8) is 0 Å². The summed E-state index contributed by atoms with van der Waals surface area (Å²) >= 11 is 0. The molecular formula is C27H60N2O8. The van der Waals surface area contributed by atoms with Gasteiger partial charge in [0.25, 0.3) is 0 Å². The summed E-state index contributed by atoms with van der Waals surface area (Å²) in [6.07, 6.45) is 1.57. The largest absolute Gasteiger partial charge is 0.400 e. The molecule has 3 N–H and O–H groups in total. The van der Waals surface area contributed by atoms with Crippen molar-refractivity contribution in [2.24, 2.45) is 5.41 Å². The van der Waals surface area contributed by atoms with Crippen molar-refractivity contribution in [2.75, 3.05) is 74.2 Å². The molecule has 0 aliphatic heterocycles. The van der Waals surface area contributed by atoms with Crippen LogP contribution in [0.3, 0.4) is 0 Å². The molecule has 1 atom stereocenters. The van der Waals surface area contributed by atoms with Crippen LogP contribution in [-0.4, -0.2) is 117 Å². The fraction of sp³-hybridized carbons (Fsp3) is 0.963. The zero-order valence-electron chi connectivity index (χ0n) is 30.5. The number of aliphatic hydroxyl groups is 3. The zero-order valence-corrected chi connectivity index (χ0v) is 24.5. The van der Waals surface area contributed by atoms with Crippen LogP contribution >= 0.6 is 0 Å². The molecule has 0 saturated carbocycles. The van der Waals surface area contributed by atoms with Crippen LogP contribution in [0.15, 0.2) is 0 Å². The zero-order chi connectivity index (χ0) is 33.8. The first-order valence-corrected chi connectivity index (χ1v) is 12.6. The Labute approximate surface area is 236 Å². The third-order valence-electron chi connectivity index (χ3n) is 4.53. The number of nitriles is 1. The second-order valence-electron chi connectivity index (χ2n) is 8.25. The van der Waals surface area contributed by atoms with Crippen LogP contribution < -0.4 is 0 Å². The minimum atomic E-state index is -0.637. The van der Waals surface area contributed by atoms with Crippen molar-refractivity contribution in [1.82, 2.24) is 4.90 Å². The molecule has 0 aromatic carbocycles. The normalized spacial score (nSPS) is 13.8. The van der Waals surface area contributed by atoms with Gasteiger partial charge in [0.2, 0.25) is 10.7 Å². The fourth-order valence-corrected chi connectivity index (χ4v) is 3.18. The summed E-state index contributed by atoms with van der Waals surface area (Å²) in [5, 5.41) is 19.4. The summed E-state index contributed by atoms with van der Waals surface area (Å²) < 4.78 is 69.3. The summed E-state index contributed by atoms with van der Waals surface area (Å²) in [6, 6.07) is 2.43. The maximum atomic E-state index is 8.94. The van der Waals surface area contributed by atoms with Gasteiger partial charge in [-0.25, -0.2) is 0 Å². The smallest absolute Gasteiger partial charge is 0.219 e. The molecule has 10 heteroatoms. The predicted octanol–water partition coefficient (Wildman–Crippen LogP) is 3.43. The van der Waals surface area contributed by atoms with Gasteiger partial charge in [0, 0.05) is 57.3 Å². The monoisotopic (exact) mass is 549 g/mol. The molecular weight excluding hydrogens is 480 g/mol. The Morgan fingerprint density at radius 2 is 1.19 bits per heavy atom. The van der Waals surface area contributed by atoms with E-state index in [0.29, 0.717) is 79.6 Å². The third kappa shape index (κ3) is 23.9. The minimum absolute atomic E-state index is 0.163. The minimum Gasteiger partial charge on any atom is -0.400 e. The molecule has 0 aliphatic carbocycles. The second kappa shape index (κ2) is 33.2. The van der Waals surface area contributed by atoms with E-state index in [-0.39, 0.29) is 31.7 Å². The van der Waals surface area contributed by atoms with E-state index in [4.69, 9.17) is 37.4 Å². The molecule has 0 heterocycles. The van der Waals surface area contributed by atoms with Crippen LogP contribution in [0.1, 0.15) is 78.2 Å². The van der Waals surface area contributed by atoms with Gasteiger partial charge in [-0.05, 0) is 47.0 Å². The Bertz CT molecular complexity index is 526. The molecule has 0 bridgehead atoms. The van der Waals surface area contributed by atoms with E-state index in [0.717, 1.165) is 0 Å². The van der Waals surface area contributed by atoms with Crippen molar-refractivity contribution >= 4 is 0 Å². The highest BCUT2D eigenvalue weighted by atomic mass is 16.7. The van der Waals surface area contributed by atoms with E-state index < -0.39 is 11.8 Å². The van der Waals surface area contributed by atoms with Crippen LogP contribution in [0.25, 0.3) is 0 Å². The number of rotatable bonds is 21. The highest BCUT2D eigenvalue weighted by molar-refractivity contribution is 4.80. The number of aliphatic hydroxyl groups excluding tert-OH is 3. The van der Waals surface area contributed by atoms with Crippen LogP contribution in [0, 0.1) is 16.7 Å². The number of hydrogen-bond acceptors (Lipinski definition) is 10. The Morgan fingerprint density at radius 3 is 1.51 bits per heavy atom. The first-order chi connectivity index (χ1) is 20.6. The van der Waals surface area contributed by atoms with Crippen molar-refractivity contribution in [1.29, 1.82) is 9.56 Å². The first kappa shape index (κ1) is 30.7. The molecule has 10 nitrogen and oxygen atoms in total. The second-order valence-corrected chi connectivity index (χ2v) is 8.25. The van der Waals surface area contributed by atoms with Gasteiger partial charge in [-0.2, -0.15) is 5.26 Å². The standard InChI is InChI=1S/C24H48N2O5.3CH4O/c1-8-13-27-17-24(18-28-14-9-2,19-29-15-10-3)20-31-23(30-16-11-12-25)26(21(4)5)22(6)7;3*1-2/h21-23H,8-11,13-20H2,1-7H3;3*2H,1H3/i1D,2D,3D;3*2T. The van der Waals surface area contributed by atoms with E-state index in [9.17, 15) is 0 Å². The maximum Gasteiger partial charge on any atom is 0.219 e. The lowest BCUT2D eigenvalue weighted by molar-refractivity contribution is -0.259. The van der Waals surface area contributed by atoms with Gasteiger partial charge in [-0.1, -0.05) is 20.7 Å². The van der Waals surface area contributed by atoms with Gasteiger partial charge in [0.1, 0.15) is 0 Å². The van der Waals surface area contributed by atoms with Crippen molar-refractivity contribution < 1.29 is 43.1 Å². The van der Waals surface area contributed by atoms with Gasteiger partial charge in [-0.3, -0.25) is 4.90 Å². The van der Waals surface area contributed by atoms with Crippen LogP contribution in [0.4, 0.5) is 0 Å². The van der Waals surface area contributed by atoms with E-state index in [1.807, 2.05) is 0 Å². The molecule has 226 valence electrons. The Balaban J connectivity index is -0.000000744. The summed E-state index contributed by atoms with van der Waals surface area (Å²) in [4.78, 5) is 2.12. The summed E-state index contributed by atoms with van der Waals surface area (Å²) in [5.41, 5.74) is -0.609. The lowest BCUT2D eigenvalue weighted by Gasteiger charge is -2.40. The molecule has 37 heavy (non-hydrogen) atoms. The molecule has 0 fully saturated rings. The quantitative estimate of drug-likeness (QED) is 0.144. The summed E-state index contributed by atoms with van der Waals surface area (Å²) in [5.74, 6) is 0. The van der Waals surface area contributed by atoms with Crippen LogP contribution in [0.2, 0.25) is 0 Å². The average molecular weight is 550 g/mol. The first-order valence-electron chi connectivity index (χ1n) is 15.9. The molecule has 0 aliphatic rings. The molecule has 0 saturated heterocycles. The molecule has 0 spiro atoms. The summed E-state index contributed by atoms with van der Waals surface area (Å²) in [6.45, 7) is 12.2. The summed E-state index contributed by atoms with van der Waals surface area (Å²) in [7, 11) is 3.88. The van der Waals surface area contributed by atoms with Crippen molar-refractivity contribution in [3.8, 4) is 6.07 Å². The Kier molecular flexibility index (Phi) is 27.5. The predicted molar refractivity (Wildman–Crippen MR) is 148 cm³/mol. The Hall–Kier alpha value is -0.870. The van der Waals surface area contributed by atoms with Gasteiger partial charge in [-0.15, -0.1) is 0 Å². The number of ether oxygens (including phenoxy) is 5. The molecule has 1 unspecified atom stereocenters. The highest BCUT2D eigenvalue weighted by Crippen LogP contribution is 2.24. The Morgan fingerprint density at radius 1 is 0.784 bits per heavy atom. The third-order valence-corrected chi connectivity index (χ3v) is 4.53. The van der Waals surface area contributed by atoms with E-state index in [2.05, 4.69) is 54.0 Å². The van der Waals surface area contributed by atoms with Crippen LogP contribution in [-0.2, 0) is 23.7 Å². The highest BCUT2D eigenvalue weighted by Gasteiger charge is 2.35. The van der Waals surface area contributed by atoms with Crippen LogP contribution in [0.5, 0.6) is 0 Å². The molecule has 0 aromatic heterocycles. The maximum absolute atomic E-state index is 8.94. The van der Waals surface area contributed by atoms with Gasteiger partial charge >= 0.3 is 0 Å². The van der Waals surface area contributed by atoms with Gasteiger partial charge in [0.15, 0.2) is 0 Å². The lowest BCUT2D eigenvalue weighted by atomic mass is 9.92. The average Bonchev–Trinajstić information content (AvgIpc) is 2.95. The fourth-order valence-electron chi connectivity index (χ4n) is 3.18. The molecule has 0 amide bonds. The molecule has 0 aromatic rings. The number of nitrogens with zero attached hydrogens (tertiary/aromatic N) is 2. The molecule has 0 rings (SSSR count). The van der Waals surface area contributed by atoms with E-state index >= 15 is 0 Å². The number of hydrogen-bond donors (Lipinski definition) is 3. The van der Waals surface area contributed by atoms with E-state index in [1.54, 1.807) is 0 Å². The van der Waals surface area contributed by atoms with Gasteiger partial charge < -0.3 is 39.0 Å². The van der Waals surface area contributed by atoms with Gasteiger partial charge in [0.05, 0.1) is 50.9 Å². The SMILES string of the molecule is [2H]CCCOCC(COCCC[2H])(COCCC[2H])COC(OCCC#N)N(C(C)C)C(C)C.[3H]OC.[3H]OC.[3H]OC.